The number of rotatable bonds is 7. The van der Waals surface area contributed by atoms with Crippen molar-refractivity contribution < 1.29 is 9.53 Å². The minimum absolute atomic E-state index is 0.156. The molecular weight excluding hydrogens is 354 g/mol. The van der Waals surface area contributed by atoms with Crippen LogP contribution in [0.5, 0.6) is 5.75 Å². The molecule has 0 aliphatic rings. The van der Waals surface area contributed by atoms with Crippen molar-refractivity contribution in [2.24, 2.45) is 0 Å². The van der Waals surface area contributed by atoms with E-state index in [-0.39, 0.29) is 11.5 Å². The van der Waals surface area contributed by atoms with Gasteiger partial charge in [-0.15, -0.1) is 0 Å². The lowest BCUT2D eigenvalue weighted by Gasteiger charge is -2.07. The average molecular weight is 375 g/mol. The molecule has 0 spiro atoms. The summed E-state index contributed by atoms with van der Waals surface area (Å²) in [5, 5.41) is 2.76. The van der Waals surface area contributed by atoms with Crippen molar-refractivity contribution in [1.82, 2.24) is 14.9 Å². The number of carbonyl (C=O) groups is 1. The summed E-state index contributed by atoms with van der Waals surface area (Å²) in [5.74, 6) is 0.539. The van der Waals surface area contributed by atoms with Gasteiger partial charge in [0, 0.05) is 30.8 Å². The van der Waals surface area contributed by atoms with Gasteiger partial charge >= 0.3 is 0 Å². The van der Waals surface area contributed by atoms with Crippen LogP contribution < -0.4 is 15.6 Å². The lowest BCUT2D eigenvalue weighted by molar-refractivity contribution is -0.116. The predicted molar refractivity (Wildman–Crippen MR) is 109 cm³/mol. The third kappa shape index (κ3) is 5.17. The van der Waals surface area contributed by atoms with Crippen molar-refractivity contribution in [2.45, 2.75) is 6.54 Å². The molecule has 0 atom stereocenters. The van der Waals surface area contributed by atoms with E-state index >= 15 is 0 Å². The lowest BCUT2D eigenvalue weighted by Crippen LogP contribution is -2.29. The molecule has 0 saturated heterocycles. The first-order valence-electron chi connectivity index (χ1n) is 8.87. The van der Waals surface area contributed by atoms with Gasteiger partial charge in [0.25, 0.3) is 5.56 Å². The molecule has 3 aromatic rings. The fourth-order valence-corrected chi connectivity index (χ4v) is 2.61. The number of carbonyl (C=O) groups excluding carboxylic acids is 1. The van der Waals surface area contributed by atoms with Crippen LogP contribution in [0.25, 0.3) is 17.3 Å². The zero-order chi connectivity index (χ0) is 19.8. The van der Waals surface area contributed by atoms with Crippen LogP contribution in [0.4, 0.5) is 0 Å². The molecule has 6 heteroatoms. The number of nitrogens with zero attached hydrogens (tertiary/aromatic N) is 2. The number of hydrogen-bond acceptors (Lipinski definition) is 4. The van der Waals surface area contributed by atoms with Gasteiger partial charge in [-0.3, -0.25) is 14.2 Å². The Hall–Kier alpha value is -3.67. The van der Waals surface area contributed by atoms with Crippen molar-refractivity contribution in [3.8, 4) is 17.0 Å². The van der Waals surface area contributed by atoms with Crippen LogP contribution in [-0.4, -0.2) is 29.1 Å². The Morgan fingerprint density at radius 3 is 2.57 bits per heavy atom. The topological polar surface area (TPSA) is 73.2 Å². The highest BCUT2D eigenvalue weighted by molar-refractivity contribution is 5.91. The molecule has 1 amide bonds. The molecule has 28 heavy (non-hydrogen) atoms. The van der Waals surface area contributed by atoms with E-state index in [0.717, 1.165) is 16.9 Å². The monoisotopic (exact) mass is 375 g/mol. The number of hydrogen-bond donors (Lipinski definition) is 1. The van der Waals surface area contributed by atoms with Crippen LogP contribution >= 0.6 is 0 Å². The molecule has 0 aliphatic heterocycles. The summed E-state index contributed by atoms with van der Waals surface area (Å²) in [5.41, 5.74) is 2.27. The van der Waals surface area contributed by atoms with Gasteiger partial charge in [-0.1, -0.05) is 42.5 Å². The van der Waals surface area contributed by atoms with Crippen LogP contribution in [0.1, 0.15) is 5.56 Å². The van der Waals surface area contributed by atoms with E-state index in [1.807, 2.05) is 54.6 Å². The van der Waals surface area contributed by atoms with E-state index in [4.69, 9.17) is 4.74 Å². The number of benzene rings is 2. The van der Waals surface area contributed by atoms with Gasteiger partial charge in [0.1, 0.15) is 5.75 Å². The second-order valence-corrected chi connectivity index (χ2v) is 6.07. The van der Waals surface area contributed by atoms with Crippen molar-refractivity contribution >= 4 is 12.0 Å². The van der Waals surface area contributed by atoms with Crippen LogP contribution in [0.2, 0.25) is 0 Å². The summed E-state index contributed by atoms with van der Waals surface area (Å²) >= 11 is 0. The fourth-order valence-electron chi connectivity index (χ4n) is 2.61. The minimum atomic E-state index is -0.224. The number of methoxy groups -OCH3 is 1. The lowest BCUT2D eigenvalue weighted by atomic mass is 10.1. The molecule has 0 aliphatic carbocycles. The largest absolute Gasteiger partial charge is 0.497 e. The van der Waals surface area contributed by atoms with E-state index in [0.29, 0.717) is 18.8 Å². The Kier molecular flexibility index (Phi) is 6.36. The molecule has 3 rings (SSSR count). The summed E-state index contributed by atoms with van der Waals surface area (Å²) in [6.45, 7) is 0.682. The van der Waals surface area contributed by atoms with E-state index in [1.165, 1.54) is 23.0 Å². The molecule has 142 valence electrons. The quantitative estimate of drug-likeness (QED) is 0.645. The molecule has 0 radical (unpaired) electrons. The summed E-state index contributed by atoms with van der Waals surface area (Å²) in [7, 11) is 1.61. The van der Waals surface area contributed by atoms with Crippen LogP contribution in [0, 0.1) is 0 Å². The Balaban J connectivity index is 1.52. The third-order valence-electron chi connectivity index (χ3n) is 4.14. The first-order valence-corrected chi connectivity index (χ1v) is 8.87. The number of amides is 1. The molecule has 6 nitrogen and oxygen atoms in total. The highest BCUT2D eigenvalue weighted by Crippen LogP contribution is 2.13. The SMILES string of the molecule is COc1ccc(/C=C/C(=O)NCCn2cnc(-c3ccccc3)cc2=O)cc1. The second-order valence-electron chi connectivity index (χ2n) is 6.07. The van der Waals surface area contributed by atoms with Gasteiger partial charge < -0.3 is 10.1 Å². The Morgan fingerprint density at radius 2 is 1.89 bits per heavy atom. The number of ether oxygens (including phenoxy) is 1. The average Bonchev–Trinajstić information content (AvgIpc) is 2.74. The summed E-state index contributed by atoms with van der Waals surface area (Å²) < 4.78 is 6.57. The van der Waals surface area contributed by atoms with E-state index in [9.17, 15) is 9.59 Å². The van der Waals surface area contributed by atoms with Gasteiger partial charge in [-0.2, -0.15) is 0 Å². The second kappa shape index (κ2) is 9.32. The molecule has 1 N–H and O–H groups in total. The normalized spacial score (nSPS) is 10.8. The van der Waals surface area contributed by atoms with Crippen LogP contribution in [0.15, 0.2) is 77.9 Å². The van der Waals surface area contributed by atoms with Crippen molar-refractivity contribution in [3.05, 3.63) is 89.0 Å². The highest BCUT2D eigenvalue weighted by Gasteiger charge is 2.03. The molecule has 0 bridgehead atoms. The van der Waals surface area contributed by atoms with Crippen molar-refractivity contribution in [1.29, 1.82) is 0 Å². The first kappa shape index (κ1) is 19.1. The third-order valence-corrected chi connectivity index (χ3v) is 4.14. The number of nitrogens with one attached hydrogen (secondary N) is 1. The maximum Gasteiger partial charge on any atom is 0.253 e. The summed E-state index contributed by atoms with van der Waals surface area (Å²) in [6, 6.07) is 18.4. The Labute approximate surface area is 163 Å². The fraction of sp³-hybridized carbons (Fsp3) is 0.136. The Bertz CT molecular complexity index is 1010. The van der Waals surface area contributed by atoms with E-state index in [1.54, 1.807) is 13.2 Å². The van der Waals surface area contributed by atoms with Crippen molar-refractivity contribution in [3.63, 3.8) is 0 Å². The van der Waals surface area contributed by atoms with Crippen LogP contribution in [0.3, 0.4) is 0 Å². The maximum atomic E-state index is 12.2. The first-order chi connectivity index (χ1) is 13.7. The molecular formula is C22H21N3O3. The molecule has 2 aromatic carbocycles. The zero-order valence-electron chi connectivity index (χ0n) is 15.5. The predicted octanol–water partition coefficient (Wildman–Crippen LogP) is 2.75. The molecule has 1 heterocycles. The van der Waals surface area contributed by atoms with Crippen molar-refractivity contribution in [2.75, 3.05) is 13.7 Å². The van der Waals surface area contributed by atoms with Gasteiger partial charge in [0.2, 0.25) is 5.91 Å². The zero-order valence-corrected chi connectivity index (χ0v) is 15.5. The molecule has 0 fully saturated rings. The highest BCUT2D eigenvalue weighted by atomic mass is 16.5. The van der Waals surface area contributed by atoms with Gasteiger partial charge in [-0.05, 0) is 23.8 Å². The van der Waals surface area contributed by atoms with Crippen LogP contribution in [-0.2, 0) is 11.3 Å². The molecule has 0 unspecified atom stereocenters. The smallest absolute Gasteiger partial charge is 0.253 e. The van der Waals surface area contributed by atoms with Gasteiger partial charge in [0.05, 0.1) is 19.1 Å². The molecule has 0 saturated carbocycles. The minimum Gasteiger partial charge on any atom is -0.497 e. The standard InChI is InChI=1S/C22H21N3O3/c1-28-19-10-7-17(8-11-19)9-12-21(26)23-13-14-25-16-24-20(15-22(25)27)18-5-3-2-4-6-18/h2-12,15-16H,13-14H2,1H3,(H,23,26)/b12-9+. The summed E-state index contributed by atoms with van der Waals surface area (Å²) in [6.07, 6.45) is 4.68. The maximum absolute atomic E-state index is 12.2. The van der Waals surface area contributed by atoms with E-state index in [2.05, 4.69) is 10.3 Å². The van der Waals surface area contributed by atoms with E-state index < -0.39 is 0 Å². The van der Waals surface area contributed by atoms with Gasteiger partial charge in [0.15, 0.2) is 0 Å². The van der Waals surface area contributed by atoms with Gasteiger partial charge in [-0.25, -0.2) is 4.98 Å². The molecule has 1 aromatic heterocycles. The number of aromatic nitrogens is 2. The summed E-state index contributed by atoms with van der Waals surface area (Å²) in [4.78, 5) is 28.5. The Morgan fingerprint density at radius 1 is 1.14 bits per heavy atom.